The van der Waals surface area contributed by atoms with Crippen molar-refractivity contribution in [3.05, 3.63) is 88.8 Å². The summed E-state index contributed by atoms with van der Waals surface area (Å²) in [6, 6.07) is 21.2. The Kier molecular flexibility index (Phi) is 6.64. The number of rotatable bonds is 7. The molecular weight excluding hydrogens is 437 g/mol. The number of halogens is 1. The van der Waals surface area contributed by atoms with Crippen molar-refractivity contribution < 1.29 is 18.7 Å². The maximum absolute atomic E-state index is 13.3. The van der Waals surface area contributed by atoms with Gasteiger partial charge in [-0.1, -0.05) is 24.3 Å². The smallest absolute Gasteiger partial charge is 0.326 e. The van der Waals surface area contributed by atoms with Crippen LogP contribution in [-0.2, 0) is 20.9 Å². The number of benzene rings is 3. The molecule has 0 fully saturated rings. The number of anilines is 1. The van der Waals surface area contributed by atoms with Crippen molar-refractivity contribution in [2.45, 2.75) is 13.0 Å². The summed E-state index contributed by atoms with van der Waals surface area (Å²) in [5.74, 6) is -1.65. The van der Waals surface area contributed by atoms with Crippen molar-refractivity contribution in [2.75, 3.05) is 18.1 Å². The predicted octanol–water partition coefficient (Wildman–Crippen LogP) is 3.78. The molecule has 1 amide bonds. The number of esters is 1. The fourth-order valence-corrected chi connectivity index (χ4v) is 3.82. The molecule has 0 saturated heterocycles. The lowest BCUT2D eigenvalue weighted by Gasteiger charge is -2.22. The molecule has 1 aromatic heterocycles. The normalized spacial score (nSPS) is 10.7. The lowest BCUT2D eigenvalue weighted by Crippen LogP contribution is -2.36. The first-order valence-electron chi connectivity index (χ1n) is 10.6. The SMILES string of the molecule is N#CCCN(C(=O)COC(=O)Cn1c2ccccc2c(=O)c2ccccc21)c1ccc(F)cc1. The Balaban J connectivity index is 1.55. The van der Waals surface area contributed by atoms with E-state index in [0.717, 1.165) is 0 Å². The van der Waals surface area contributed by atoms with Gasteiger partial charge in [0.2, 0.25) is 0 Å². The first-order valence-corrected chi connectivity index (χ1v) is 10.6. The second-order valence-electron chi connectivity index (χ2n) is 7.54. The summed E-state index contributed by atoms with van der Waals surface area (Å²) in [6.45, 7) is -0.672. The molecule has 3 aromatic carbocycles. The van der Waals surface area contributed by atoms with Gasteiger partial charge in [-0.15, -0.1) is 0 Å². The molecule has 4 rings (SSSR count). The van der Waals surface area contributed by atoms with E-state index in [1.807, 2.05) is 6.07 Å². The van der Waals surface area contributed by atoms with Crippen molar-refractivity contribution in [1.29, 1.82) is 5.26 Å². The molecule has 7 nitrogen and oxygen atoms in total. The Morgan fingerprint density at radius 3 is 2.12 bits per heavy atom. The first-order chi connectivity index (χ1) is 16.5. The van der Waals surface area contributed by atoms with Gasteiger partial charge in [0.15, 0.2) is 12.0 Å². The number of para-hydroxylation sites is 2. The molecule has 1 heterocycles. The molecule has 0 saturated carbocycles. The summed E-state index contributed by atoms with van der Waals surface area (Å²) in [7, 11) is 0. The number of nitriles is 1. The molecule has 170 valence electrons. The van der Waals surface area contributed by atoms with Crippen LogP contribution in [0.15, 0.2) is 77.6 Å². The van der Waals surface area contributed by atoms with E-state index >= 15 is 0 Å². The second kappa shape index (κ2) is 9.96. The van der Waals surface area contributed by atoms with Crippen LogP contribution in [-0.4, -0.2) is 29.6 Å². The van der Waals surface area contributed by atoms with Crippen LogP contribution in [0.25, 0.3) is 21.8 Å². The van der Waals surface area contributed by atoms with E-state index in [2.05, 4.69) is 0 Å². The van der Waals surface area contributed by atoms with Gasteiger partial charge in [-0.25, -0.2) is 4.39 Å². The van der Waals surface area contributed by atoms with Crippen LogP contribution in [0.4, 0.5) is 10.1 Å². The van der Waals surface area contributed by atoms with E-state index < -0.39 is 24.3 Å². The molecule has 0 bridgehead atoms. The van der Waals surface area contributed by atoms with Crippen LogP contribution in [0.5, 0.6) is 0 Å². The average molecular weight is 457 g/mol. The third kappa shape index (κ3) is 4.64. The minimum absolute atomic E-state index is 0.0619. The van der Waals surface area contributed by atoms with Crippen LogP contribution < -0.4 is 10.3 Å². The molecular formula is C26H20FN3O4. The maximum atomic E-state index is 13.3. The highest BCUT2D eigenvalue weighted by Gasteiger charge is 2.19. The van der Waals surface area contributed by atoms with Crippen molar-refractivity contribution in [2.24, 2.45) is 0 Å². The van der Waals surface area contributed by atoms with Crippen molar-refractivity contribution in [3.63, 3.8) is 0 Å². The van der Waals surface area contributed by atoms with Crippen LogP contribution in [0.1, 0.15) is 6.42 Å². The molecule has 0 radical (unpaired) electrons. The maximum Gasteiger partial charge on any atom is 0.326 e. The van der Waals surface area contributed by atoms with Crippen molar-refractivity contribution >= 4 is 39.4 Å². The van der Waals surface area contributed by atoms with Gasteiger partial charge in [0.1, 0.15) is 12.4 Å². The Morgan fingerprint density at radius 2 is 1.53 bits per heavy atom. The zero-order chi connectivity index (χ0) is 24.1. The molecule has 34 heavy (non-hydrogen) atoms. The third-order valence-corrected chi connectivity index (χ3v) is 5.41. The largest absolute Gasteiger partial charge is 0.454 e. The van der Waals surface area contributed by atoms with Gasteiger partial charge < -0.3 is 14.2 Å². The minimum atomic E-state index is -0.661. The summed E-state index contributed by atoms with van der Waals surface area (Å²) in [4.78, 5) is 39.6. The van der Waals surface area contributed by atoms with E-state index in [1.54, 1.807) is 53.1 Å². The number of ether oxygens (including phenoxy) is 1. The molecule has 0 aliphatic heterocycles. The molecule has 4 aromatic rings. The van der Waals surface area contributed by atoms with Crippen molar-refractivity contribution in [3.8, 4) is 6.07 Å². The summed E-state index contributed by atoms with van der Waals surface area (Å²) in [5, 5.41) is 9.86. The fourth-order valence-electron chi connectivity index (χ4n) is 3.82. The van der Waals surface area contributed by atoms with Gasteiger partial charge >= 0.3 is 5.97 Å². The summed E-state index contributed by atoms with van der Waals surface area (Å²) in [5.41, 5.74) is 1.43. The number of hydrogen-bond acceptors (Lipinski definition) is 5. The first kappa shape index (κ1) is 22.7. The fraction of sp³-hybridized carbons (Fsp3) is 0.154. The third-order valence-electron chi connectivity index (χ3n) is 5.41. The zero-order valence-corrected chi connectivity index (χ0v) is 18.1. The van der Waals surface area contributed by atoms with E-state index in [1.165, 1.54) is 29.2 Å². The highest BCUT2D eigenvalue weighted by molar-refractivity contribution is 5.96. The van der Waals surface area contributed by atoms with E-state index in [0.29, 0.717) is 27.5 Å². The van der Waals surface area contributed by atoms with Gasteiger partial charge in [-0.05, 0) is 48.5 Å². The zero-order valence-electron chi connectivity index (χ0n) is 18.1. The summed E-state index contributed by atoms with van der Waals surface area (Å²) < 4.78 is 20.2. The molecule has 0 aliphatic rings. The molecule has 0 aliphatic carbocycles. The standard InChI is InChI=1S/C26H20FN3O4/c27-18-10-12-19(13-11-18)29(15-5-14-28)24(31)17-34-25(32)16-30-22-8-3-1-6-20(22)26(33)21-7-2-4-9-23(21)30/h1-4,6-13H,5,15-17H2. The van der Waals surface area contributed by atoms with Gasteiger partial charge in [0.05, 0.1) is 23.5 Å². The summed E-state index contributed by atoms with van der Waals surface area (Å²) >= 11 is 0. The van der Waals surface area contributed by atoms with Gasteiger partial charge in [-0.2, -0.15) is 5.26 Å². The Morgan fingerprint density at radius 1 is 0.941 bits per heavy atom. The summed E-state index contributed by atoms with van der Waals surface area (Å²) in [6.07, 6.45) is 0.0619. The van der Waals surface area contributed by atoms with Crippen LogP contribution in [0, 0.1) is 17.1 Å². The molecule has 0 N–H and O–H groups in total. The predicted molar refractivity (Wildman–Crippen MR) is 126 cm³/mol. The van der Waals surface area contributed by atoms with E-state index in [4.69, 9.17) is 10.00 Å². The van der Waals surface area contributed by atoms with E-state index in [9.17, 15) is 18.8 Å². The number of hydrogen-bond donors (Lipinski definition) is 0. The highest BCUT2D eigenvalue weighted by Crippen LogP contribution is 2.19. The van der Waals surface area contributed by atoms with Crippen LogP contribution >= 0.6 is 0 Å². The minimum Gasteiger partial charge on any atom is -0.454 e. The molecule has 0 atom stereocenters. The Bertz CT molecular complexity index is 1410. The van der Waals surface area contributed by atoms with Crippen molar-refractivity contribution in [1.82, 2.24) is 4.57 Å². The Labute approximate surface area is 194 Å². The lowest BCUT2D eigenvalue weighted by molar-refractivity contribution is -0.148. The number of nitrogens with zero attached hydrogens (tertiary/aromatic N) is 3. The number of aromatic nitrogens is 1. The topological polar surface area (TPSA) is 92.4 Å². The van der Waals surface area contributed by atoms with Gasteiger partial charge in [-0.3, -0.25) is 14.4 Å². The monoisotopic (exact) mass is 457 g/mol. The number of fused-ring (bicyclic) bond motifs is 2. The van der Waals surface area contributed by atoms with Gasteiger partial charge in [0.25, 0.3) is 5.91 Å². The lowest BCUT2D eigenvalue weighted by atomic mass is 10.1. The van der Waals surface area contributed by atoms with E-state index in [-0.39, 0.29) is 24.9 Å². The highest BCUT2D eigenvalue weighted by atomic mass is 19.1. The number of carbonyl (C=O) groups excluding carboxylic acids is 2. The number of amides is 1. The molecule has 0 unspecified atom stereocenters. The van der Waals surface area contributed by atoms with Crippen LogP contribution in [0.3, 0.4) is 0 Å². The quantitative estimate of drug-likeness (QED) is 0.311. The number of pyridine rings is 1. The second-order valence-corrected chi connectivity index (χ2v) is 7.54. The molecule has 0 spiro atoms. The average Bonchev–Trinajstić information content (AvgIpc) is 2.86. The van der Waals surface area contributed by atoms with Crippen LogP contribution in [0.2, 0.25) is 0 Å². The number of carbonyl (C=O) groups is 2. The van der Waals surface area contributed by atoms with Gasteiger partial charge in [0, 0.05) is 23.0 Å². The Hall–Kier alpha value is -4.51. The molecule has 8 heteroatoms.